The quantitative estimate of drug-likeness (QED) is 0.300. The van der Waals surface area contributed by atoms with E-state index in [1.807, 2.05) is 31.2 Å². The monoisotopic (exact) mass is 519 g/mol. The largest absolute Gasteiger partial charge is 0.383 e. The van der Waals surface area contributed by atoms with Crippen molar-refractivity contribution in [2.24, 2.45) is 0 Å². The van der Waals surface area contributed by atoms with Gasteiger partial charge in [-0.15, -0.1) is 0 Å². The number of hydrogen-bond acceptors (Lipinski definition) is 8. The lowest BCUT2D eigenvalue weighted by Gasteiger charge is -2.38. The Hall–Kier alpha value is -3.89. The number of piperazine rings is 1. The Balaban J connectivity index is 1.46. The van der Waals surface area contributed by atoms with Gasteiger partial charge in [-0.25, -0.2) is 0 Å². The van der Waals surface area contributed by atoms with Gasteiger partial charge in [0.25, 0.3) is 11.5 Å². The van der Waals surface area contributed by atoms with Crippen molar-refractivity contribution in [3.05, 3.63) is 70.4 Å². The van der Waals surface area contributed by atoms with Crippen LogP contribution in [0.3, 0.4) is 0 Å². The molecule has 10 heteroatoms. The highest BCUT2D eigenvalue weighted by atomic mass is 16.5. The Morgan fingerprint density at radius 2 is 1.76 bits per heavy atom. The summed E-state index contributed by atoms with van der Waals surface area (Å²) in [5.41, 5.74) is 4.09. The summed E-state index contributed by atoms with van der Waals surface area (Å²) in [5, 5.41) is 9.36. The number of nitrogens with zero attached hydrogens (tertiary/aromatic N) is 3. The number of H-pyrrole nitrogens is 1. The minimum atomic E-state index is -0.493. The Morgan fingerprint density at radius 3 is 2.45 bits per heavy atom. The third kappa shape index (κ3) is 6.51. The number of carbonyl (C=O) groups excluding carboxylic acids is 1. The number of aromatic amines is 1. The van der Waals surface area contributed by atoms with Crippen LogP contribution in [0.25, 0.3) is 0 Å². The molecule has 3 aromatic rings. The topological polar surface area (TPSA) is 115 Å². The van der Waals surface area contributed by atoms with Crippen LogP contribution in [0.4, 0.5) is 28.4 Å². The number of pyridine rings is 2. The van der Waals surface area contributed by atoms with Crippen LogP contribution in [-0.2, 0) is 4.74 Å². The van der Waals surface area contributed by atoms with E-state index >= 15 is 0 Å². The molecule has 2 aromatic heterocycles. The Kier molecular flexibility index (Phi) is 8.98. The van der Waals surface area contributed by atoms with E-state index in [-0.39, 0.29) is 5.56 Å². The molecule has 0 spiro atoms. The van der Waals surface area contributed by atoms with Crippen molar-refractivity contribution in [3.63, 3.8) is 0 Å². The molecule has 0 saturated carbocycles. The van der Waals surface area contributed by atoms with Gasteiger partial charge in [-0.05, 0) is 56.7 Å². The van der Waals surface area contributed by atoms with Crippen molar-refractivity contribution in [2.75, 3.05) is 67.3 Å². The first-order valence-electron chi connectivity index (χ1n) is 12.9. The molecule has 10 nitrogen and oxygen atoms in total. The van der Waals surface area contributed by atoms with Gasteiger partial charge in [0.05, 0.1) is 36.1 Å². The average molecular weight is 520 g/mol. The van der Waals surface area contributed by atoms with Gasteiger partial charge in [0.2, 0.25) is 0 Å². The number of nitrogens with one attached hydrogen (secondary N) is 4. The zero-order valence-corrected chi connectivity index (χ0v) is 22.5. The first-order valence-corrected chi connectivity index (χ1v) is 12.9. The van der Waals surface area contributed by atoms with Crippen LogP contribution in [0.15, 0.2) is 53.7 Å². The average Bonchev–Trinajstić information content (AvgIpc) is 2.91. The summed E-state index contributed by atoms with van der Waals surface area (Å²) in [6.45, 7) is 11.6. The van der Waals surface area contributed by atoms with E-state index in [9.17, 15) is 9.59 Å². The van der Waals surface area contributed by atoms with E-state index in [0.717, 1.165) is 43.1 Å². The van der Waals surface area contributed by atoms with Crippen molar-refractivity contribution < 1.29 is 9.53 Å². The smallest absolute Gasteiger partial charge is 0.263 e. The normalized spacial score (nSPS) is 14.0. The Bertz CT molecular complexity index is 1280. The van der Waals surface area contributed by atoms with Crippen LogP contribution in [0, 0.1) is 6.92 Å². The lowest BCUT2D eigenvalue weighted by Crippen LogP contribution is -2.48. The minimum Gasteiger partial charge on any atom is -0.383 e. The molecule has 4 rings (SSSR count). The molecule has 1 saturated heterocycles. The van der Waals surface area contributed by atoms with Crippen molar-refractivity contribution in [2.45, 2.75) is 26.8 Å². The summed E-state index contributed by atoms with van der Waals surface area (Å²) < 4.78 is 5.10. The van der Waals surface area contributed by atoms with Crippen LogP contribution < -0.4 is 26.4 Å². The van der Waals surface area contributed by atoms with Crippen LogP contribution in [0.2, 0.25) is 0 Å². The van der Waals surface area contributed by atoms with Gasteiger partial charge >= 0.3 is 0 Å². The van der Waals surface area contributed by atoms with E-state index in [0.29, 0.717) is 36.3 Å². The Labute approximate surface area is 223 Å². The number of methoxy groups -OCH3 is 1. The molecule has 0 aliphatic carbocycles. The number of aromatic nitrogens is 2. The van der Waals surface area contributed by atoms with Crippen molar-refractivity contribution >= 4 is 34.3 Å². The summed E-state index contributed by atoms with van der Waals surface area (Å²) in [4.78, 5) is 37.7. The summed E-state index contributed by atoms with van der Waals surface area (Å²) >= 11 is 0. The highest BCUT2D eigenvalue weighted by molar-refractivity contribution is 6.08. The predicted octanol–water partition coefficient (Wildman–Crippen LogP) is 3.66. The second-order valence-electron chi connectivity index (χ2n) is 9.62. The second kappa shape index (κ2) is 12.6. The van der Waals surface area contributed by atoms with Crippen molar-refractivity contribution in [3.8, 4) is 0 Å². The molecule has 3 heterocycles. The molecule has 0 bridgehead atoms. The highest BCUT2D eigenvalue weighted by Crippen LogP contribution is 2.27. The standard InChI is InChI=1S/C28H37N7O3/c1-19(2)34-12-14-35(15-13-34)22-7-5-21(6-8-22)32-28(37)26-23(9-10-31-27(26)36)33-25-18-29-17-24(20(25)3)30-11-16-38-4/h5-10,17-19,30H,11-16H2,1-4H3,(H,32,37)(H2,31,33,36). The van der Waals surface area contributed by atoms with E-state index in [4.69, 9.17) is 4.74 Å². The lowest BCUT2D eigenvalue weighted by atomic mass is 10.1. The second-order valence-corrected chi connectivity index (χ2v) is 9.62. The van der Waals surface area contributed by atoms with Crippen LogP contribution >= 0.6 is 0 Å². The summed E-state index contributed by atoms with van der Waals surface area (Å²) in [6.07, 6.45) is 4.91. The minimum absolute atomic E-state index is 0.00136. The van der Waals surface area contributed by atoms with Gasteiger partial charge in [0, 0.05) is 63.4 Å². The first-order chi connectivity index (χ1) is 18.4. The number of benzene rings is 1. The van der Waals surface area contributed by atoms with E-state index in [1.165, 1.54) is 6.20 Å². The van der Waals surface area contributed by atoms with Crippen LogP contribution in [0.5, 0.6) is 0 Å². The fraction of sp³-hybridized carbons (Fsp3) is 0.393. The van der Waals surface area contributed by atoms with Crippen LogP contribution in [-0.4, -0.2) is 73.3 Å². The fourth-order valence-electron chi connectivity index (χ4n) is 4.52. The summed E-state index contributed by atoms with van der Waals surface area (Å²) in [6, 6.07) is 9.97. The highest BCUT2D eigenvalue weighted by Gasteiger charge is 2.20. The molecule has 4 N–H and O–H groups in total. The number of hydrogen-bond donors (Lipinski definition) is 4. The number of amides is 1. The first kappa shape index (κ1) is 27.2. The zero-order chi connectivity index (χ0) is 27.1. The van der Waals surface area contributed by atoms with E-state index in [1.54, 1.807) is 25.6 Å². The molecule has 0 unspecified atom stereocenters. The zero-order valence-electron chi connectivity index (χ0n) is 22.5. The van der Waals surface area contributed by atoms with E-state index in [2.05, 4.69) is 49.6 Å². The van der Waals surface area contributed by atoms with E-state index < -0.39 is 11.5 Å². The van der Waals surface area contributed by atoms with Crippen LogP contribution in [0.1, 0.15) is 29.8 Å². The summed E-state index contributed by atoms with van der Waals surface area (Å²) in [7, 11) is 1.65. The Morgan fingerprint density at radius 1 is 1.05 bits per heavy atom. The summed E-state index contributed by atoms with van der Waals surface area (Å²) in [5.74, 6) is -0.493. The molecule has 38 heavy (non-hydrogen) atoms. The maximum absolute atomic E-state index is 13.2. The maximum atomic E-state index is 13.2. The molecule has 1 amide bonds. The number of anilines is 5. The molecule has 1 aliphatic heterocycles. The number of rotatable bonds is 10. The van der Waals surface area contributed by atoms with Gasteiger partial charge in [-0.1, -0.05) is 0 Å². The molecular formula is C28H37N7O3. The molecule has 1 fully saturated rings. The maximum Gasteiger partial charge on any atom is 0.263 e. The van der Waals surface area contributed by atoms with Gasteiger partial charge in [-0.2, -0.15) is 0 Å². The molecule has 1 aliphatic rings. The molecule has 0 atom stereocenters. The number of ether oxygens (including phenoxy) is 1. The van der Waals surface area contributed by atoms with Gasteiger partial charge in [0.1, 0.15) is 5.56 Å². The molecule has 202 valence electrons. The van der Waals surface area contributed by atoms with Gasteiger partial charge < -0.3 is 30.6 Å². The molecule has 1 aromatic carbocycles. The molecular weight excluding hydrogens is 482 g/mol. The third-order valence-corrected chi connectivity index (χ3v) is 6.83. The SMILES string of the molecule is COCCNc1cncc(Nc2cc[nH]c(=O)c2C(=O)Nc2ccc(N3CCN(C(C)C)CC3)cc2)c1C. The molecule has 0 radical (unpaired) electrons. The van der Waals surface area contributed by atoms with Crippen molar-refractivity contribution in [1.29, 1.82) is 0 Å². The number of carbonyl (C=O) groups is 1. The van der Waals surface area contributed by atoms with Gasteiger partial charge in [-0.3, -0.25) is 19.5 Å². The third-order valence-electron chi connectivity index (χ3n) is 6.83. The lowest BCUT2D eigenvalue weighted by molar-refractivity contribution is 0.102. The van der Waals surface area contributed by atoms with Crippen molar-refractivity contribution in [1.82, 2.24) is 14.9 Å². The predicted molar refractivity (Wildman–Crippen MR) is 153 cm³/mol. The fourth-order valence-corrected chi connectivity index (χ4v) is 4.52. The van der Waals surface area contributed by atoms with Gasteiger partial charge in [0.15, 0.2) is 0 Å².